The minimum absolute atomic E-state index is 0.0699. The molecule has 0 aliphatic rings. The highest BCUT2D eigenvalue weighted by Gasteiger charge is 2.60. The molecule has 1 N–H and O–H groups in total. The summed E-state index contributed by atoms with van der Waals surface area (Å²) < 4.78 is 66.4. The Hall–Kier alpha value is -2.63. The molecule has 0 saturated carbocycles. The predicted molar refractivity (Wildman–Crippen MR) is 87.2 cm³/mol. The van der Waals surface area contributed by atoms with Crippen molar-refractivity contribution >= 4 is 28.0 Å². The Bertz CT molecular complexity index is 1020. The first kappa shape index (κ1) is 19.1. The molecule has 0 spiro atoms. The number of aryl methyl sites for hydroxylation is 3. The number of carbonyl (C=O) groups excluding carboxylic acids is 1. The van der Waals surface area contributed by atoms with Gasteiger partial charge in [0.2, 0.25) is 0 Å². The van der Waals surface area contributed by atoms with Gasteiger partial charge in [-0.25, -0.2) is 14.5 Å². The van der Waals surface area contributed by atoms with Crippen LogP contribution in [0.1, 0.15) is 32.4 Å². The van der Waals surface area contributed by atoms with Gasteiger partial charge >= 0.3 is 12.1 Å². The van der Waals surface area contributed by atoms with Gasteiger partial charge in [0.25, 0.3) is 5.91 Å². The molecule has 0 atom stereocenters. The number of hydrogen-bond donors (Lipinski definition) is 1. The summed E-state index contributed by atoms with van der Waals surface area (Å²) >= 11 is 1.20. The van der Waals surface area contributed by atoms with Gasteiger partial charge in [0.15, 0.2) is 16.5 Å². The summed E-state index contributed by atoms with van der Waals surface area (Å²) in [6.07, 6.45) is -5.82. The van der Waals surface area contributed by atoms with Gasteiger partial charge in [0.1, 0.15) is 5.69 Å². The first-order chi connectivity index (χ1) is 12.4. The van der Waals surface area contributed by atoms with Crippen LogP contribution in [0.5, 0.6) is 0 Å². The number of fused-ring (bicyclic) bond motifs is 1. The number of carbonyl (C=O) groups is 1. The Kier molecular flexibility index (Phi) is 4.41. The van der Waals surface area contributed by atoms with E-state index in [1.165, 1.54) is 18.3 Å². The lowest BCUT2D eigenvalue weighted by Gasteiger charge is -2.20. The number of halogens is 5. The SMILES string of the molecule is Cc1cc(C(F)(F)C(F)(F)F)n2nc(C(=O)Nc3nc(C)c(C)s3)cc2n1. The first-order valence-corrected chi connectivity index (χ1v) is 8.29. The number of hydrogen-bond acceptors (Lipinski definition) is 5. The molecule has 12 heteroatoms. The van der Waals surface area contributed by atoms with Crippen LogP contribution in [-0.2, 0) is 5.92 Å². The van der Waals surface area contributed by atoms with E-state index >= 15 is 0 Å². The number of nitrogens with one attached hydrogen (secondary N) is 1. The number of anilines is 1. The van der Waals surface area contributed by atoms with Crippen molar-refractivity contribution in [1.82, 2.24) is 19.6 Å². The summed E-state index contributed by atoms with van der Waals surface area (Å²) in [6.45, 7) is 4.81. The van der Waals surface area contributed by atoms with Gasteiger partial charge in [0.05, 0.1) is 5.69 Å². The number of nitrogens with zero attached hydrogens (tertiary/aromatic N) is 4. The van der Waals surface area contributed by atoms with Crippen LogP contribution in [-0.4, -0.2) is 31.7 Å². The molecule has 0 aliphatic carbocycles. The van der Waals surface area contributed by atoms with E-state index in [-0.39, 0.29) is 22.2 Å². The summed E-state index contributed by atoms with van der Waals surface area (Å²) in [4.78, 5) is 21.1. The van der Waals surface area contributed by atoms with Crippen LogP contribution < -0.4 is 5.32 Å². The van der Waals surface area contributed by atoms with E-state index in [4.69, 9.17) is 0 Å². The van der Waals surface area contributed by atoms with Crippen molar-refractivity contribution in [3.8, 4) is 0 Å². The molecule has 0 aromatic carbocycles. The molecule has 3 heterocycles. The molecule has 0 bridgehead atoms. The van der Waals surface area contributed by atoms with E-state index in [1.54, 1.807) is 13.8 Å². The third-order valence-corrected chi connectivity index (χ3v) is 4.70. The Morgan fingerprint density at radius 1 is 1.11 bits per heavy atom. The quantitative estimate of drug-likeness (QED) is 0.669. The third kappa shape index (κ3) is 3.36. The van der Waals surface area contributed by atoms with Crippen LogP contribution in [0.25, 0.3) is 5.65 Å². The molecule has 27 heavy (non-hydrogen) atoms. The molecule has 3 aromatic rings. The van der Waals surface area contributed by atoms with Gasteiger partial charge in [-0.15, -0.1) is 11.3 Å². The highest BCUT2D eigenvalue weighted by Crippen LogP contribution is 2.43. The Morgan fingerprint density at radius 2 is 1.78 bits per heavy atom. The van der Waals surface area contributed by atoms with Gasteiger partial charge in [-0.05, 0) is 26.8 Å². The Morgan fingerprint density at radius 3 is 2.33 bits per heavy atom. The van der Waals surface area contributed by atoms with Crippen molar-refractivity contribution in [2.75, 3.05) is 5.32 Å². The molecule has 3 aromatic heterocycles. The minimum atomic E-state index is -5.82. The number of aromatic nitrogens is 4. The van der Waals surface area contributed by atoms with Crippen molar-refractivity contribution in [3.05, 3.63) is 39.8 Å². The monoisotopic (exact) mass is 405 g/mol. The lowest BCUT2D eigenvalue weighted by atomic mass is 10.2. The van der Waals surface area contributed by atoms with Crippen LogP contribution in [0.4, 0.5) is 27.1 Å². The van der Waals surface area contributed by atoms with Crippen molar-refractivity contribution < 1.29 is 26.7 Å². The summed E-state index contributed by atoms with van der Waals surface area (Å²) in [5.74, 6) is -5.96. The summed E-state index contributed by atoms with van der Waals surface area (Å²) in [6, 6.07) is 1.62. The van der Waals surface area contributed by atoms with E-state index in [0.717, 1.165) is 10.9 Å². The summed E-state index contributed by atoms with van der Waals surface area (Å²) in [5.41, 5.74) is -1.45. The molecule has 0 radical (unpaired) electrons. The summed E-state index contributed by atoms with van der Waals surface area (Å²) in [5, 5.41) is 6.30. The lowest BCUT2D eigenvalue weighted by Crippen LogP contribution is -2.36. The molecule has 3 rings (SSSR count). The van der Waals surface area contributed by atoms with E-state index in [2.05, 4.69) is 20.4 Å². The smallest absolute Gasteiger partial charge is 0.296 e. The maximum Gasteiger partial charge on any atom is 0.459 e. The number of amides is 1. The van der Waals surface area contributed by atoms with Crippen LogP contribution in [0.15, 0.2) is 12.1 Å². The van der Waals surface area contributed by atoms with E-state index in [9.17, 15) is 26.7 Å². The van der Waals surface area contributed by atoms with Crippen molar-refractivity contribution in [3.63, 3.8) is 0 Å². The molecule has 0 fully saturated rings. The van der Waals surface area contributed by atoms with Gasteiger partial charge in [-0.1, -0.05) is 0 Å². The van der Waals surface area contributed by atoms with E-state index < -0.39 is 23.7 Å². The topological polar surface area (TPSA) is 72.2 Å². The fourth-order valence-electron chi connectivity index (χ4n) is 2.27. The Balaban J connectivity index is 2.04. The van der Waals surface area contributed by atoms with Crippen molar-refractivity contribution in [2.45, 2.75) is 32.9 Å². The van der Waals surface area contributed by atoms with Crippen LogP contribution in [0.2, 0.25) is 0 Å². The highest BCUT2D eigenvalue weighted by atomic mass is 32.1. The maximum absolute atomic E-state index is 13.9. The van der Waals surface area contributed by atoms with Crippen molar-refractivity contribution in [2.24, 2.45) is 0 Å². The van der Waals surface area contributed by atoms with Gasteiger partial charge in [-0.2, -0.15) is 27.1 Å². The van der Waals surface area contributed by atoms with Crippen LogP contribution >= 0.6 is 11.3 Å². The van der Waals surface area contributed by atoms with E-state index in [1.807, 2.05) is 0 Å². The molecule has 0 aliphatic heterocycles. The largest absolute Gasteiger partial charge is 0.459 e. The second kappa shape index (κ2) is 6.22. The molecule has 1 amide bonds. The zero-order valence-corrected chi connectivity index (χ0v) is 15.0. The second-order valence-electron chi connectivity index (χ2n) is 5.77. The molecular formula is C15H12F5N5OS. The average Bonchev–Trinajstić information content (AvgIpc) is 3.08. The van der Waals surface area contributed by atoms with Crippen LogP contribution in [0.3, 0.4) is 0 Å². The zero-order chi connectivity index (χ0) is 20.1. The van der Waals surface area contributed by atoms with Gasteiger partial charge < -0.3 is 0 Å². The highest BCUT2D eigenvalue weighted by molar-refractivity contribution is 7.15. The standard InChI is InChI=1S/C15H12F5N5OS/c1-6-4-10(14(16,17)15(18,19)20)25-11(21-6)5-9(24-25)12(26)23-13-22-7(2)8(3)27-13/h4-5H,1-3H3,(H,22,23,26). The zero-order valence-electron chi connectivity index (χ0n) is 14.1. The minimum Gasteiger partial charge on any atom is -0.296 e. The maximum atomic E-state index is 13.9. The molecule has 6 nitrogen and oxygen atoms in total. The number of alkyl halides is 5. The molecule has 0 unspecified atom stereocenters. The Labute approximate surface area is 153 Å². The predicted octanol–water partition coefficient (Wildman–Crippen LogP) is 4.02. The molecular weight excluding hydrogens is 393 g/mol. The third-order valence-electron chi connectivity index (χ3n) is 3.71. The number of thiazole rings is 1. The fourth-order valence-corrected chi connectivity index (χ4v) is 3.08. The molecule has 0 saturated heterocycles. The lowest BCUT2D eigenvalue weighted by molar-refractivity contribution is -0.291. The first-order valence-electron chi connectivity index (χ1n) is 7.48. The van der Waals surface area contributed by atoms with Crippen LogP contribution in [0, 0.1) is 20.8 Å². The van der Waals surface area contributed by atoms with Crippen molar-refractivity contribution in [1.29, 1.82) is 0 Å². The van der Waals surface area contributed by atoms with Gasteiger partial charge in [-0.3, -0.25) is 10.1 Å². The average molecular weight is 405 g/mol. The normalized spacial score (nSPS) is 12.6. The van der Waals surface area contributed by atoms with E-state index in [0.29, 0.717) is 16.3 Å². The summed E-state index contributed by atoms with van der Waals surface area (Å²) in [7, 11) is 0. The fraction of sp³-hybridized carbons (Fsp3) is 0.333. The number of rotatable bonds is 3. The second-order valence-corrected chi connectivity index (χ2v) is 6.97. The molecule has 144 valence electrons. The van der Waals surface area contributed by atoms with Gasteiger partial charge in [0, 0.05) is 16.6 Å².